The Balaban J connectivity index is 2.99. The number of benzene rings is 1. The summed E-state index contributed by atoms with van der Waals surface area (Å²) in [5, 5.41) is 8.39. The van der Waals surface area contributed by atoms with Crippen LogP contribution in [0.4, 0.5) is 0 Å². The van der Waals surface area contributed by atoms with Gasteiger partial charge in [0.05, 0.1) is 4.90 Å². The third-order valence-corrected chi connectivity index (χ3v) is 4.14. The maximum absolute atomic E-state index is 11.6. The van der Waals surface area contributed by atoms with E-state index in [0.717, 1.165) is 10.0 Å². The standard InChI is InChI=1S/C9H10BrNO4S/c1-6-4-7(2-3-8(6)10)16(14,15)11-5-9(12)13/h2-4,11H,5H2,1H3,(H,12,13). The van der Waals surface area contributed by atoms with Crippen LogP contribution in [0.2, 0.25) is 0 Å². The summed E-state index contributed by atoms with van der Waals surface area (Å²) in [6.45, 7) is 1.12. The zero-order chi connectivity index (χ0) is 12.3. The van der Waals surface area contributed by atoms with Crippen LogP contribution >= 0.6 is 15.9 Å². The van der Waals surface area contributed by atoms with E-state index in [2.05, 4.69) is 15.9 Å². The zero-order valence-electron chi connectivity index (χ0n) is 8.40. The predicted octanol–water partition coefficient (Wildman–Crippen LogP) is 1.12. The third-order valence-electron chi connectivity index (χ3n) is 1.85. The van der Waals surface area contributed by atoms with Crippen molar-refractivity contribution in [3.63, 3.8) is 0 Å². The van der Waals surface area contributed by atoms with Gasteiger partial charge in [-0.05, 0) is 30.7 Å². The monoisotopic (exact) mass is 307 g/mol. The molecule has 0 spiro atoms. The number of carbonyl (C=O) groups is 1. The number of halogens is 1. The molecular formula is C9H10BrNO4S. The summed E-state index contributed by atoms with van der Waals surface area (Å²) in [5.41, 5.74) is 0.762. The van der Waals surface area contributed by atoms with Gasteiger partial charge in [0, 0.05) is 4.47 Å². The molecule has 0 fully saturated rings. The molecule has 0 saturated heterocycles. The van der Waals surface area contributed by atoms with Gasteiger partial charge in [0.25, 0.3) is 0 Å². The molecule has 5 nitrogen and oxygen atoms in total. The zero-order valence-corrected chi connectivity index (χ0v) is 10.8. The average Bonchev–Trinajstić information content (AvgIpc) is 2.19. The predicted molar refractivity (Wildman–Crippen MR) is 61.7 cm³/mol. The molecule has 0 atom stereocenters. The highest BCUT2D eigenvalue weighted by Gasteiger charge is 2.15. The van der Waals surface area contributed by atoms with Crippen LogP contribution in [0.5, 0.6) is 0 Å². The van der Waals surface area contributed by atoms with Crippen LogP contribution in [0.3, 0.4) is 0 Å². The smallest absolute Gasteiger partial charge is 0.318 e. The summed E-state index contributed by atoms with van der Waals surface area (Å²) in [4.78, 5) is 10.3. The fraction of sp³-hybridized carbons (Fsp3) is 0.222. The molecule has 0 aliphatic carbocycles. The van der Waals surface area contributed by atoms with E-state index in [9.17, 15) is 13.2 Å². The number of hydrogen-bond donors (Lipinski definition) is 2. The minimum absolute atomic E-state index is 0.0504. The highest BCUT2D eigenvalue weighted by molar-refractivity contribution is 9.10. The average molecular weight is 308 g/mol. The van der Waals surface area contributed by atoms with Crippen molar-refractivity contribution in [1.29, 1.82) is 0 Å². The molecule has 0 aliphatic rings. The third kappa shape index (κ3) is 3.29. The number of aliphatic carboxylic acids is 1. The molecule has 0 bridgehead atoms. The summed E-state index contributed by atoms with van der Waals surface area (Å²) in [6, 6.07) is 4.47. The van der Waals surface area contributed by atoms with Gasteiger partial charge < -0.3 is 5.11 Å². The Morgan fingerprint density at radius 3 is 2.62 bits per heavy atom. The molecule has 0 amide bonds. The lowest BCUT2D eigenvalue weighted by molar-refractivity contribution is -0.135. The summed E-state index contributed by atoms with van der Waals surface area (Å²) < 4.78 is 26.0. The van der Waals surface area contributed by atoms with E-state index in [1.807, 2.05) is 4.72 Å². The second-order valence-corrected chi connectivity index (χ2v) is 5.75. The van der Waals surface area contributed by atoms with E-state index in [-0.39, 0.29) is 4.90 Å². The van der Waals surface area contributed by atoms with Gasteiger partial charge in [-0.25, -0.2) is 8.42 Å². The van der Waals surface area contributed by atoms with Crippen LogP contribution in [-0.2, 0) is 14.8 Å². The largest absolute Gasteiger partial charge is 0.480 e. The Morgan fingerprint density at radius 1 is 1.50 bits per heavy atom. The molecule has 0 heterocycles. The van der Waals surface area contributed by atoms with E-state index < -0.39 is 22.5 Å². The van der Waals surface area contributed by atoms with Crippen molar-refractivity contribution in [2.45, 2.75) is 11.8 Å². The summed E-state index contributed by atoms with van der Waals surface area (Å²) in [6.07, 6.45) is 0. The van der Waals surface area contributed by atoms with E-state index in [4.69, 9.17) is 5.11 Å². The van der Waals surface area contributed by atoms with Crippen molar-refractivity contribution < 1.29 is 18.3 Å². The van der Waals surface area contributed by atoms with E-state index in [1.54, 1.807) is 13.0 Å². The number of nitrogens with one attached hydrogen (secondary N) is 1. The van der Waals surface area contributed by atoms with Crippen LogP contribution in [0.1, 0.15) is 5.56 Å². The van der Waals surface area contributed by atoms with Crippen molar-refractivity contribution in [1.82, 2.24) is 4.72 Å². The molecule has 0 aliphatic heterocycles. The maximum atomic E-state index is 11.6. The molecule has 0 radical (unpaired) electrons. The fourth-order valence-electron chi connectivity index (χ4n) is 1.02. The van der Waals surface area contributed by atoms with Gasteiger partial charge >= 0.3 is 5.97 Å². The first-order valence-corrected chi connectivity index (χ1v) is 6.58. The van der Waals surface area contributed by atoms with E-state index in [1.165, 1.54) is 12.1 Å². The number of aryl methyl sites for hydroxylation is 1. The molecular weight excluding hydrogens is 298 g/mol. The minimum Gasteiger partial charge on any atom is -0.480 e. The lowest BCUT2D eigenvalue weighted by atomic mass is 10.2. The van der Waals surface area contributed by atoms with Gasteiger partial charge in [0.2, 0.25) is 10.0 Å². The van der Waals surface area contributed by atoms with Crippen molar-refractivity contribution in [2.75, 3.05) is 6.54 Å². The molecule has 0 saturated carbocycles. The first-order valence-electron chi connectivity index (χ1n) is 4.30. The van der Waals surface area contributed by atoms with Gasteiger partial charge in [0.15, 0.2) is 0 Å². The normalized spacial score (nSPS) is 11.4. The second-order valence-electron chi connectivity index (χ2n) is 3.13. The maximum Gasteiger partial charge on any atom is 0.318 e. The van der Waals surface area contributed by atoms with Gasteiger partial charge in [-0.15, -0.1) is 0 Å². The van der Waals surface area contributed by atoms with Crippen LogP contribution in [-0.4, -0.2) is 26.0 Å². The van der Waals surface area contributed by atoms with E-state index in [0.29, 0.717) is 0 Å². The van der Waals surface area contributed by atoms with Crippen LogP contribution in [0.15, 0.2) is 27.6 Å². The number of carboxylic acids is 1. The highest BCUT2D eigenvalue weighted by atomic mass is 79.9. The molecule has 0 aromatic heterocycles. The van der Waals surface area contributed by atoms with Crippen molar-refractivity contribution >= 4 is 31.9 Å². The lowest BCUT2D eigenvalue weighted by Gasteiger charge is -2.06. The molecule has 1 rings (SSSR count). The Bertz CT molecular complexity index is 512. The number of sulfonamides is 1. The lowest BCUT2D eigenvalue weighted by Crippen LogP contribution is -2.29. The first-order chi connectivity index (χ1) is 7.33. The number of hydrogen-bond acceptors (Lipinski definition) is 3. The Morgan fingerprint density at radius 2 is 2.12 bits per heavy atom. The first kappa shape index (κ1) is 13.1. The van der Waals surface area contributed by atoms with Crippen LogP contribution in [0.25, 0.3) is 0 Å². The quantitative estimate of drug-likeness (QED) is 0.873. The molecule has 88 valence electrons. The summed E-state index contributed by atoms with van der Waals surface area (Å²) >= 11 is 3.25. The van der Waals surface area contributed by atoms with Gasteiger partial charge in [-0.2, -0.15) is 4.72 Å². The Hall–Kier alpha value is -0.920. The topological polar surface area (TPSA) is 83.5 Å². The second kappa shape index (κ2) is 4.94. The molecule has 2 N–H and O–H groups in total. The molecule has 1 aromatic rings. The Labute approximate surface area is 102 Å². The number of carboxylic acid groups (broad SMARTS) is 1. The molecule has 7 heteroatoms. The molecule has 16 heavy (non-hydrogen) atoms. The van der Waals surface area contributed by atoms with Gasteiger partial charge in [0.1, 0.15) is 6.54 Å². The molecule has 1 aromatic carbocycles. The summed E-state index contributed by atoms with van der Waals surface area (Å²) in [7, 11) is -3.75. The minimum atomic E-state index is -3.75. The van der Waals surface area contributed by atoms with Gasteiger partial charge in [-0.3, -0.25) is 4.79 Å². The molecule has 0 unspecified atom stereocenters. The van der Waals surface area contributed by atoms with Crippen molar-refractivity contribution in [3.05, 3.63) is 28.2 Å². The van der Waals surface area contributed by atoms with E-state index >= 15 is 0 Å². The fourth-order valence-corrected chi connectivity index (χ4v) is 2.33. The number of rotatable bonds is 4. The van der Waals surface area contributed by atoms with Crippen LogP contribution in [0, 0.1) is 6.92 Å². The highest BCUT2D eigenvalue weighted by Crippen LogP contribution is 2.19. The van der Waals surface area contributed by atoms with Crippen molar-refractivity contribution in [2.24, 2.45) is 0 Å². The van der Waals surface area contributed by atoms with Gasteiger partial charge in [-0.1, -0.05) is 15.9 Å². The Kier molecular flexibility index (Phi) is 4.06. The van der Waals surface area contributed by atoms with Crippen molar-refractivity contribution in [3.8, 4) is 0 Å². The SMILES string of the molecule is Cc1cc(S(=O)(=O)NCC(=O)O)ccc1Br. The summed E-state index contributed by atoms with van der Waals surface area (Å²) in [5.74, 6) is -1.22. The van der Waals surface area contributed by atoms with Crippen LogP contribution < -0.4 is 4.72 Å².